The lowest BCUT2D eigenvalue weighted by molar-refractivity contribution is 0.168. The van der Waals surface area contributed by atoms with Gasteiger partial charge in [0.1, 0.15) is 0 Å². The topological polar surface area (TPSA) is 9.23 Å². The molecule has 0 aromatic heterocycles. The van der Waals surface area contributed by atoms with E-state index >= 15 is 0 Å². The number of benzene rings is 1. The van der Waals surface area contributed by atoms with Crippen LogP contribution in [-0.2, 0) is 4.74 Å². The molecule has 0 aliphatic carbocycles. The van der Waals surface area contributed by atoms with Crippen molar-refractivity contribution >= 4 is 11.8 Å². The highest BCUT2D eigenvalue weighted by Gasteiger charge is 2.39. The Labute approximate surface area is 89.2 Å². The summed E-state index contributed by atoms with van der Waals surface area (Å²) in [6.07, 6.45) is 1.80. The molecule has 1 saturated heterocycles. The highest BCUT2D eigenvalue weighted by atomic mass is 32.2. The molecule has 1 fully saturated rings. The zero-order valence-electron chi connectivity index (χ0n) is 8.06. The summed E-state index contributed by atoms with van der Waals surface area (Å²) in [7, 11) is 0. The molecular weight excluding hydrogens is 192 g/mol. The van der Waals surface area contributed by atoms with Crippen molar-refractivity contribution in [3.63, 3.8) is 0 Å². The van der Waals surface area contributed by atoms with E-state index in [4.69, 9.17) is 4.74 Å². The lowest BCUT2D eigenvalue weighted by Crippen LogP contribution is -2.01. The van der Waals surface area contributed by atoms with Crippen molar-refractivity contribution in [2.24, 2.45) is 0 Å². The molecule has 1 aliphatic rings. The second-order valence-corrected chi connectivity index (χ2v) is 4.72. The molecule has 2 heteroatoms. The molecule has 14 heavy (non-hydrogen) atoms. The Bertz CT molecular complexity index is 296. The van der Waals surface area contributed by atoms with Gasteiger partial charge in [0, 0.05) is 10.5 Å². The van der Waals surface area contributed by atoms with Gasteiger partial charge in [-0.2, -0.15) is 0 Å². The van der Waals surface area contributed by atoms with Crippen LogP contribution in [0.4, 0.5) is 0 Å². The molecule has 1 nitrogen and oxygen atoms in total. The van der Waals surface area contributed by atoms with Crippen molar-refractivity contribution in [3.8, 4) is 0 Å². The van der Waals surface area contributed by atoms with E-state index in [0.717, 1.165) is 6.61 Å². The Morgan fingerprint density at radius 1 is 1.36 bits per heavy atom. The van der Waals surface area contributed by atoms with Crippen LogP contribution >= 0.6 is 11.8 Å². The minimum atomic E-state index is 0.650. The van der Waals surface area contributed by atoms with Crippen molar-refractivity contribution in [1.82, 2.24) is 0 Å². The van der Waals surface area contributed by atoms with Crippen LogP contribution < -0.4 is 0 Å². The average molecular weight is 206 g/mol. The second kappa shape index (κ2) is 4.67. The maximum Gasteiger partial charge on any atom is 0.0645 e. The molecule has 1 aromatic carbocycles. The zero-order valence-corrected chi connectivity index (χ0v) is 8.87. The van der Waals surface area contributed by atoms with Crippen LogP contribution in [-0.4, -0.2) is 18.5 Å². The monoisotopic (exact) mass is 206 g/mol. The quantitative estimate of drug-likeness (QED) is 0.416. The molecule has 1 heterocycles. The first-order chi connectivity index (χ1) is 6.92. The van der Waals surface area contributed by atoms with E-state index in [1.54, 1.807) is 6.08 Å². The van der Waals surface area contributed by atoms with Gasteiger partial charge in [-0.25, -0.2) is 0 Å². The van der Waals surface area contributed by atoms with Crippen LogP contribution in [0.2, 0.25) is 0 Å². The molecule has 2 unspecified atom stereocenters. The second-order valence-electron chi connectivity index (χ2n) is 3.33. The number of rotatable bonds is 5. The van der Waals surface area contributed by atoms with Gasteiger partial charge in [0.15, 0.2) is 0 Å². The first-order valence-electron chi connectivity index (χ1n) is 4.81. The molecule has 0 bridgehead atoms. The zero-order chi connectivity index (χ0) is 9.80. The molecule has 2 atom stereocenters. The SMILES string of the molecule is C=CCOCC1SC1c1ccccc1. The Morgan fingerprint density at radius 3 is 2.86 bits per heavy atom. The number of hydrogen-bond acceptors (Lipinski definition) is 2. The van der Waals surface area contributed by atoms with Gasteiger partial charge in [-0.15, -0.1) is 18.3 Å². The Hall–Kier alpha value is -0.730. The van der Waals surface area contributed by atoms with Gasteiger partial charge < -0.3 is 4.74 Å². The molecule has 1 aliphatic heterocycles. The van der Waals surface area contributed by atoms with Gasteiger partial charge in [-0.1, -0.05) is 36.4 Å². The summed E-state index contributed by atoms with van der Waals surface area (Å²) in [6.45, 7) is 5.13. The molecule has 0 radical (unpaired) electrons. The Balaban J connectivity index is 1.79. The molecule has 0 N–H and O–H groups in total. The summed E-state index contributed by atoms with van der Waals surface area (Å²) in [6, 6.07) is 10.6. The van der Waals surface area contributed by atoms with Crippen molar-refractivity contribution in [1.29, 1.82) is 0 Å². The third-order valence-corrected chi connectivity index (χ3v) is 3.57. The Kier molecular flexibility index (Phi) is 3.27. The predicted molar refractivity (Wildman–Crippen MR) is 61.6 cm³/mol. The summed E-state index contributed by atoms with van der Waals surface area (Å²) >= 11 is 1.98. The highest BCUT2D eigenvalue weighted by molar-refractivity contribution is 8.07. The van der Waals surface area contributed by atoms with E-state index in [1.165, 1.54) is 5.56 Å². The van der Waals surface area contributed by atoms with Gasteiger partial charge >= 0.3 is 0 Å². The summed E-state index contributed by atoms with van der Waals surface area (Å²) < 4.78 is 5.42. The van der Waals surface area contributed by atoms with E-state index < -0.39 is 0 Å². The normalized spacial score (nSPS) is 24.6. The van der Waals surface area contributed by atoms with Crippen LogP contribution in [0.15, 0.2) is 43.0 Å². The summed E-state index contributed by atoms with van der Waals surface area (Å²) in [4.78, 5) is 0. The first kappa shape index (κ1) is 9.81. The lowest BCUT2D eigenvalue weighted by atomic mass is 10.1. The standard InChI is InChI=1S/C12H14OS/c1-2-8-13-9-11-12(14-11)10-6-4-3-5-7-10/h2-7,11-12H,1,8-9H2. The molecule has 74 valence electrons. The minimum Gasteiger partial charge on any atom is -0.376 e. The Morgan fingerprint density at radius 2 is 2.14 bits per heavy atom. The van der Waals surface area contributed by atoms with Crippen LogP contribution in [0.25, 0.3) is 0 Å². The van der Waals surface area contributed by atoms with Gasteiger partial charge in [0.05, 0.1) is 13.2 Å². The maximum absolute atomic E-state index is 5.42. The van der Waals surface area contributed by atoms with Crippen LogP contribution in [0.3, 0.4) is 0 Å². The van der Waals surface area contributed by atoms with Gasteiger partial charge in [0.2, 0.25) is 0 Å². The largest absolute Gasteiger partial charge is 0.376 e. The van der Waals surface area contributed by atoms with Crippen LogP contribution in [0.5, 0.6) is 0 Å². The van der Waals surface area contributed by atoms with Gasteiger partial charge in [-0.05, 0) is 5.56 Å². The van der Waals surface area contributed by atoms with Crippen LogP contribution in [0, 0.1) is 0 Å². The number of hydrogen-bond donors (Lipinski definition) is 0. The first-order valence-corrected chi connectivity index (χ1v) is 5.75. The van der Waals surface area contributed by atoms with Gasteiger partial charge in [-0.3, -0.25) is 0 Å². The van der Waals surface area contributed by atoms with Crippen molar-refractivity contribution in [3.05, 3.63) is 48.6 Å². The van der Waals surface area contributed by atoms with Crippen LogP contribution in [0.1, 0.15) is 10.8 Å². The predicted octanol–water partition coefficient (Wildman–Crippen LogP) is 3.05. The number of ether oxygens (including phenoxy) is 1. The van der Waals surface area contributed by atoms with E-state index in [-0.39, 0.29) is 0 Å². The fourth-order valence-electron chi connectivity index (χ4n) is 1.47. The minimum absolute atomic E-state index is 0.650. The smallest absolute Gasteiger partial charge is 0.0645 e. The third-order valence-electron chi connectivity index (χ3n) is 2.23. The fourth-order valence-corrected chi connectivity index (χ4v) is 2.48. The van der Waals surface area contributed by atoms with Crippen molar-refractivity contribution in [2.75, 3.05) is 13.2 Å². The summed E-state index contributed by atoms with van der Waals surface area (Å²) in [5.74, 6) is 0. The highest BCUT2D eigenvalue weighted by Crippen LogP contribution is 2.54. The van der Waals surface area contributed by atoms with E-state index in [2.05, 4.69) is 36.9 Å². The molecule has 0 amide bonds. The summed E-state index contributed by atoms with van der Waals surface area (Å²) in [5.41, 5.74) is 1.42. The molecule has 0 saturated carbocycles. The van der Waals surface area contributed by atoms with E-state index in [1.807, 2.05) is 11.8 Å². The van der Waals surface area contributed by atoms with E-state index in [0.29, 0.717) is 17.1 Å². The third kappa shape index (κ3) is 2.40. The average Bonchev–Trinajstić information content (AvgIpc) is 2.99. The van der Waals surface area contributed by atoms with Crippen molar-refractivity contribution in [2.45, 2.75) is 10.5 Å². The molecular formula is C12H14OS. The molecule has 2 rings (SSSR count). The molecule has 1 aromatic rings. The van der Waals surface area contributed by atoms with E-state index in [9.17, 15) is 0 Å². The van der Waals surface area contributed by atoms with Crippen molar-refractivity contribution < 1.29 is 4.74 Å². The van der Waals surface area contributed by atoms with Gasteiger partial charge in [0.25, 0.3) is 0 Å². The fraction of sp³-hybridized carbons (Fsp3) is 0.333. The molecule has 0 spiro atoms. The maximum atomic E-state index is 5.42. The lowest BCUT2D eigenvalue weighted by Gasteiger charge is -1.98. The summed E-state index contributed by atoms with van der Waals surface area (Å²) in [5, 5.41) is 1.30. The number of thioether (sulfide) groups is 1.